The summed E-state index contributed by atoms with van der Waals surface area (Å²) >= 11 is 3.33. The van der Waals surface area contributed by atoms with Crippen molar-refractivity contribution in [2.45, 2.75) is 13.8 Å². The molecule has 0 bridgehead atoms. The Morgan fingerprint density at radius 2 is 1.72 bits per heavy atom. The third kappa shape index (κ3) is 4.68. The van der Waals surface area contributed by atoms with E-state index in [0.717, 1.165) is 26.9 Å². The van der Waals surface area contributed by atoms with Crippen LogP contribution >= 0.6 is 15.9 Å². The molecule has 4 aromatic rings. The molecule has 0 spiro atoms. The lowest BCUT2D eigenvalue weighted by Crippen LogP contribution is -2.15. The SMILES string of the molecule is Cc1cccc(-c2nc(C(=O)OCC(=O)c3ccc(Br)cc3)nn2-c2ccccc2C)c1. The van der Waals surface area contributed by atoms with E-state index in [1.165, 1.54) is 0 Å². The highest BCUT2D eigenvalue weighted by atomic mass is 79.9. The summed E-state index contributed by atoms with van der Waals surface area (Å²) in [4.78, 5) is 29.5. The van der Waals surface area contributed by atoms with Crippen molar-refractivity contribution in [1.82, 2.24) is 14.8 Å². The molecular formula is C25H20BrN3O3. The lowest BCUT2D eigenvalue weighted by molar-refractivity contribution is 0.0462. The molecule has 0 N–H and O–H groups in total. The Balaban J connectivity index is 1.63. The van der Waals surface area contributed by atoms with Gasteiger partial charge >= 0.3 is 5.97 Å². The molecular weight excluding hydrogens is 470 g/mol. The molecule has 1 heterocycles. The standard InChI is InChI=1S/C25H20BrN3O3/c1-16-6-5-8-19(14-16)24-27-23(28-29(24)21-9-4-3-7-17(21)2)25(31)32-15-22(30)18-10-12-20(26)13-11-18/h3-14H,15H2,1-2H3. The van der Waals surface area contributed by atoms with Gasteiger partial charge in [0.05, 0.1) is 5.69 Å². The number of carbonyl (C=O) groups excluding carboxylic acids is 2. The molecule has 6 nitrogen and oxygen atoms in total. The van der Waals surface area contributed by atoms with Crippen LogP contribution in [0.4, 0.5) is 0 Å². The average Bonchev–Trinajstić information content (AvgIpc) is 3.23. The summed E-state index contributed by atoms with van der Waals surface area (Å²) in [7, 11) is 0. The number of hydrogen-bond donors (Lipinski definition) is 0. The third-order valence-electron chi connectivity index (χ3n) is 4.91. The number of halogens is 1. The van der Waals surface area contributed by atoms with Gasteiger partial charge in [0, 0.05) is 15.6 Å². The lowest BCUT2D eigenvalue weighted by atomic mass is 10.1. The van der Waals surface area contributed by atoms with Crippen LogP contribution < -0.4 is 0 Å². The van der Waals surface area contributed by atoms with Gasteiger partial charge in [-0.1, -0.05) is 70.0 Å². The van der Waals surface area contributed by atoms with Gasteiger partial charge in [0.2, 0.25) is 0 Å². The summed E-state index contributed by atoms with van der Waals surface area (Å²) in [5.41, 5.74) is 4.13. The van der Waals surface area contributed by atoms with E-state index in [2.05, 4.69) is 26.0 Å². The maximum absolute atomic E-state index is 12.7. The van der Waals surface area contributed by atoms with E-state index >= 15 is 0 Å². The average molecular weight is 490 g/mol. The number of ketones is 1. The van der Waals surface area contributed by atoms with E-state index in [1.807, 2.05) is 62.4 Å². The molecule has 0 atom stereocenters. The van der Waals surface area contributed by atoms with E-state index < -0.39 is 5.97 Å². The molecule has 7 heteroatoms. The summed E-state index contributed by atoms with van der Waals surface area (Å²) in [5.74, 6) is -0.637. The molecule has 32 heavy (non-hydrogen) atoms. The molecule has 0 amide bonds. The van der Waals surface area contributed by atoms with E-state index in [0.29, 0.717) is 11.4 Å². The summed E-state index contributed by atoms with van der Waals surface area (Å²) in [6, 6.07) is 22.4. The van der Waals surface area contributed by atoms with Gasteiger partial charge in [0.15, 0.2) is 18.2 Å². The fourth-order valence-electron chi connectivity index (χ4n) is 3.25. The van der Waals surface area contributed by atoms with Crippen LogP contribution in [0.25, 0.3) is 17.1 Å². The van der Waals surface area contributed by atoms with E-state index in [9.17, 15) is 9.59 Å². The van der Waals surface area contributed by atoms with Gasteiger partial charge in [-0.25, -0.2) is 14.5 Å². The van der Waals surface area contributed by atoms with Crippen molar-refractivity contribution in [2.24, 2.45) is 0 Å². The van der Waals surface area contributed by atoms with E-state index in [4.69, 9.17) is 4.74 Å². The zero-order valence-electron chi connectivity index (χ0n) is 17.6. The highest BCUT2D eigenvalue weighted by Gasteiger charge is 2.21. The second kappa shape index (κ2) is 9.28. The number of rotatable bonds is 6. The van der Waals surface area contributed by atoms with Crippen LogP contribution in [0.5, 0.6) is 0 Å². The van der Waals surface area contributed by atoms with Crippen molar-refractivity contribution in [1.29, 1.82) is 0 Å². The maximum atomic E-state index is 12.7. The molecule has 3 aromatic carbocycles. The minimum Gasteiger partial charge on any atom is -0.451 e. The fourth-order valence-corrected chi connectivity index (χ4v) is 3.52. The first kappa shape index (κ1) is 21.6. The number of benzene rings is 3. The summed E-state index contributed by atoms with van der Waals surface area (Å²) in [6.45, 7) is 3.56. The number of para-hydroxylation sites is 1. The predicted molar refractivity (Wildman–Crippen MR) is 125 cm³/mol. The molecule has 0 aliphatic heterocycles. The minimum atomic E-state index is -0.753. The molecule has 0 saturated carbocycles. The molecule has 0 unspecified atom stereocenters. The Morgan fingerprint density at radius 3 is 2.44 bits per heavy atom. The van der Waals surface area contributed by atoms with Gasteiger partial charge in [-0.05, 0) is 43.7 Å². The van der Waals surface area contributed by atoms with Crippen LogP contribution in [-0.4, -0.2) is 33.1 Å². The van der Waals surface area contributed by atoms with Crippen LogP contribution in [0.3, 0.4) is 0 Å². The molecule has 4 rings (SSSR count). The summed E-state index contributed by atoms with van der Waals surface area (Å²) in [6.07, 6.45) is 0. The monoisotopic (exact) mass is 489 g/mol. The number of ether oxygens (including phenoxy) is 1. The second-order valence-corrected chi connectivity index (χ2v) is 8.25. The van der Waals surface area contributed by atoms with Crippen molar-refractivity contribution in [2.75, 3.05) is 6.61 Å². The van der Waals surface area contributed by atoms with Crippen LogP contribution in [-0.2, 0) is 4.74 Å². The van der Waals surface area contributed by atoms with E-state index in [-0.39, 0.29) is 18.2 Å². The quantitative estimate of drug-likeness (QED) is 0.269. The van der Waals surface area contributed by atoms with Crippen LogP contribution in [0, 0.1) is 13.8 Å². The van der Waals surface area contributed by atoms with Crippen LogP contribution in [0.2, 0.25) is 0 Å². The molecule has 0 radical (unpaired) electrons. The van der Waals surface area contributed by atoms with Gasteiger partial charge in [-0.2, -0.15) is 0 Å². The number of hydrogen-bond acceptors (Lipinski definition) is 5. The van der Waals surface area contributed by atoms with Crippen molar-refractivity contribution in [3.8, 4) is 17.1 Å². The highest BCUT2D eigenvalue weighted by Crippen LogP contribution is 2.24. The Hall–Kier alpha value is -3.58. The molecule has 1 aromatic heterocycles. The number of aromatic nitrogens is 3. The Kier molecular flexibility index (Phi) is 6.28. The molecule has 0 aliphatic carbocycles. The Morgan fingerprint density at radius 1 is 0.969 bits per heavy atom. The molecule has 0 fully saturated rings. The second-order valence-electron chi connectivity index (χ2n) is 7.33. The van der Waals surface area contributed by atoms with Crippen molar-refractivity contribution in [3.63, 3.8) is 0 Å². The molecule has 160 valence electrons. The van der Waals surface area contributed by atoms with Crippen molar-refractivity contribution >= 4 is 27.7 Å². The summed E-state index contributed by atoms with van der Waals surface area (Å²) < 4.78 is 7.73. The number of aryl methyl sites for hydroxylation is 2. The molecule has 0 aliphatic rings. The molecule has 0 saturated heterocycles. The largest absolute Gasteiger partial charge is 0.451 e. The van der Waals surface area contributed by atoms with Crippen LogP contribution in [0.1, 0.15) is 32.1 Å². The lowest BCUT2D eigenvalue weighted by Gasteiger charge is -2.09. The van der Waals surface area contributed by atoms with E-state index in [1.54, 1.807) is 28.9 Å². The van der Waals surface area contributed by atoms with Gasteiger partial charge < -0.3 is 4.74 Å². The van der Waals surface area contributed by atoms with Gasteiger partial charge in [-0.3, -0.25) is 4.79 Å². The number of carbonyl (C=O) groups is 2. The van der Waals surface area contributed by atoms with Crippen LogP contribution in [0.15, 0.2) is 77.3 Å². The topological polar surface area (TPSA) is 74.1 Å². The minimum absolute atomic E-state index is 0.103. The summed E-state index contributed by atoms with van der Waals surface area (Å²) in [5, 5.41) is 4.42. The highest BCUT2D eigenvalue weighted by molar-refractivity contribution is 9.10. The third-order valence-corrected chi connectivity index (χ3v) is 5.44. The number of esters is 1. The first-order valence-corrected chi connectivity index (χ1v) is 10.8. The predicted octanol–water partition coefficient (Wildman–Crippen LogP) is 5.35. The van der Waals surface area contributed by atoms with Crippen molar-refractivity contribution in [3.05, 3.63) is 99.8 Å². The van der Waals surface area contributed by atoms with Gasteiger partial charge in [-0.15, -0.1) is 5.10 Å². The van der Waals surface area contributed by atoms with Gasteiger partial charge in [0.25, 0.3) is 5.82 Å². The van der Waals surface area contributed by atoms with Gasteiger partial charge in [0.1, 0.15) is 0 Å². The zero-order valence-corrected chi connectivity index (χ0v) is 19.2. The maximum Gasteiger partial charge on any atom is 0.378 e. The number of Topliss-reactive ketones (excluding diaryl/α,β-unsaturated/α-hetero) is 1. The fraction of sp³-hybridized carbons (Fsp3) is 0.120. The first-order chi connectivity index (χ1) is 15.4. The Labute approximate surface area is 194 Å². The normalized spacial score (nSPS) is 10.7. The van der Waals surface area contributed by atoms with Crippen molar-refractivity contribution < 1.29 is 14.3 Å². The number of nitrogens with zero attached hydrogens (tertiary/aromatic N) is 3. The smallest absolute Gasteiger partial charge is 0.378 e. The zero-order chi connectivity index (χ0) is 22.7. The Bertz CT molecular complexity index is 1300. The first-order valence-electron chi connectivity index (χ1n) is 9.98.